The van der Waals surface area contributed by atoms with E-state index < -0.39 is 0 Å². The fourth-order valence-electron chi connectivity index (χ4n) is 2.21. The molecular weight excluding hydrogens is 316 g/mol. The lowest BCUT2D eigenvalue weighted by atomic mass is 10.0. The van der Waals surface area contributed by atoms with Gasteiger partial charge in [-0.3, -0.25) is 9.79 Å². The molecule has 2 aromatic carbocycles. The zero-order valence-electron chi connectivity index (χ0n) is 11.9. The smallest absolute Gasteiger partial charge is 0.195 e. The van der Waals surface area contributed by atoms with Gasteiger partial charge < -0.3 is 5.32 Å². The van der Waals surface area contributed by atoms with Crippen molar-refractivity contribution in [3.05, 3.63) is 64.7 Å². The molecule has 0 spiro atoms. The number of anilines is 1. The first-order valence-corrected chi connectivity index (χ1v) is 8.44. The summed E-state index contributed by atoms with van der Waals surface area (Å²) >= 11 is 7.75. The summed E-state index contributed by atoms with van der Waals surface area (Å²) in [4.78, 5) is 17.1. The standard InChI is InChI=1S/C17H15ClN2OS/c18-13-7-8-14(16(21)12-5-2-1-3-6-12)15(11-13)20-17-19-9-4-10-22-17/h1-3,5-8,11H,4,9-10H2,(H,19,20). The van der Waals surface area contributed by atoms with E-state index >= 15 is 0 Å². The van der Waals surface area contributed by atoms with E-state index in [0.717, 1.165) is 23.9 Å². The number of nitrogens with zero attached hydrogens (tertiary/aromatic N) is 1. The van der Waals surface area contributed by atoms with E-state index in [1.807, 2.05) is 30.3 Å². The van der Waals surface area contributed by atoms with Crippen molar-refractivity contribution in [1.82, 2.24) is 0 Å². The van der Waals surface area contributed by atoms with E-state index in [9.17, 15) is 4.79 Å². The Hall–Kier alpha value is -1.78. The molecule has 22 heavy (non-hydrogen) atoms. The second-order valence-electron chi connectivity index (χ2n) is 4.90. The van der Waals surface area contributed by atoms with Crippen LogP contribution in [0.15, 0.2) is 53.5 Å². The zero-order chi connectivity index (χ0) is 15.4. The second-order valence-corrected chi connectivity index (χ2v) is 6.42. The first kappa shape index (κ1) is 15.1. The van der Waals surface area contributed by atoms with Gasteiger partial charge in [0.25, 0.3) is 0 Å². The first-order valence-electron chi connectivity index (χ1n) is 7.07. The van der Waals surface area contributed by atoms with Crippen molar-refractivity contribution in [2.45, 2.75) is 6.42 Å². The maximum absolute atomic E-state index is 12.7. The Morgan fingerprint density at radius 3 is 2.73 bits per heavy atom. The Kier molecular flexibility index (Phi) is 4.80. The number of amidine groups is 1. The predicted molar refractivity (Wildman–Crippen MR) is 94.3 cm³/mol. The Bertz CT molecular complexity index is 716. The molecule has 1 aliphatic rings. The summed E-state index contributed by atoms with van der Waals surface area (Å²) in [5.74, 6) is 1.01. The molecule has 112 valence electrons. The van der Waals surface area contributed by atoms with Gasteiger partial charge in [-0.15, -0.1) is 0 Å². The van der Waals surface area contributed by atoms with Crippen LogP contribution in [-0.2, 0) is 0 Å². The third kappa shape index (κ3) is 3.51. The summed E-state index contributed by atoms with van der Waals surface area (Å²) in [5, 5.41) is 4.68. The molecule has 1 N–H and O–H groups in total. The minimum atomic E-state index is -0.0267. The van der Waals surface area contributed by atoms with E-state index in [1.165, 1.54) is 0 Å². The van der Waals surface area contributed by atoms with Gasteiger partial charge in [-0.25, -0.2) is 0 Å². The fourth-order valence-corrected chi connectivity index (χ4v) is 3.22. The molecule has 1 aliphatic heterocycles. The summed E-state index contributed by atoms with van der Waals surface area (Å²) in [6.45, 7) is 0.817. The van der Waals surface area contributed by atoms with Gasteiger partial charge in [0.1, 0.15) is 0 Å². The van der Waals surface area contributed by atoms with Crippen molar-refractivity contribution in [1.29, 1.82) is 0 Å². The fraction of sp³-hybridized carbons (Fsp3) is 0.176. The second kappa shape index (κ2) is 6.99. The topological polar surface area (TPSA) is 41.5 Å². The highest BCUT2D eigenvalue weighted by atomic mass is 35.5. The molecule has 0 aromatic heterocycles. The Morgan fingerprint density at radius 2 is 2.00 bits per heavy atom. The Balaban J connectivity index is 1.94. The predicted octanol–water partition coefficient (Wildman–Crippen LogP) is 4.48. The Labute approximate surface area is 138 Å². The molecule has 0 saturated carbocycles. The molecule has 0 aliphatic carbocycles. The van der Waals surface area contributed by atoms with Gasteiger partial charge in [0.2, 0.25) is 0 Å². The molecule has 5 heteroatoms. The van der Waals surface area contributed by atoms with Crippen LogP contribution in [0.1, 0.15) is 22.3 Å². The molecule has 0 fully saturated rings. The van der Waals surface area contributed by atoms with Crippen molar-refractivity contribution in [3.8, 4) is 0 Å². The van der Waals surface area contributed by atoms with Crippen LogP contribution in [0, 0.1) is 0 Å². The highest BCUT2D eigenvalue weighted by Gasteiger charge is 2.16. The lowest BCUT2D eigenvalue weighted by Gasteiger charge is -2.16. The lowest BCUT2D eigenvalue weighted by Crippen LogP contribution is -2.16. The van der Waals surface area contributed by atoms with Crippen LogP contribution in [-0.4, -0.2) is 23.2 Å². The van der Waals surface area contributed by atoms with Gasteiger partial charge >= 0.3 is 0 Å². The highest BCUT2D eigenvalue weighted by molar-refractivity contribution is 8.14. The van der Waals surface area contributed by atoms with Crippen molar-refractivity contribution in [2.75, 3.05) is 17.6 Å². The van der Waals surface area contributed by atoms with Gasteiger partial charge in [-0.05, 0) is 24.6 Å². The van der Waals surface area contributed by atoms with E-state index in [4.69, 9.17) is 11.6 Å². The third-order valence-corrected chi connectivity index (χ3v) is 4.53. The van der Waals surface area contributed by atoms with Crippen LogP contribution in [0.4, 0.5) is 5.69 Å². The van der Waals surface area contributed by atoms with Crippen LogP contribution in [0.5, 0.6) is 0 Å². The van der Waals surface area contributed by atoms with Crippen LogP contribution >= 0.6 is 23.4 Å². The number of rotatable bonds is 3. The van der Waals surface area contributed by atoms with Gasteiger partial charge in [0.05, 0.1) is 5.69 Å². The minimum absolute atomic E-state index is 0.0267. The summed E-state index contributed by atoms with van der Waals surface area (Å²) < 4.78 is 0. The number of ketones is 1. The quantitative estimate of drug-likeness (QED) is 0.844. The third-order valence-electron chi connectivity index (χ3n) is 3.30. The largest absolute Gasteiger partial charge is 0.334 e. The van der Waals surface area contributed by atoms with Crippen LogP contribution in [0.2, 0.25) is 5.02 Å². The van der Waals surface area contributed by atoms with Crippen molar-refractivity contribution < 1.29 is 4.79 Å². The van der Waals surface area contributed by atoms with Gasteiger partial charge in [0, 0.05) is 28.4 Å². The number of hydrogen-bond donors (Lipinski definition) is 1. The molecular formula is C17H15ClN2OS. The molecule has 3 nitrogen and oxygen atoms in total. The number of halogens is 1. The average molecular weight is 331 g/mol. The van der Waals surface area contributed by atoms with Crippen LogP contribution in [0.25, 0.3) is 0 Å². The normalized spacial score (nSPS) is 14.3. The molecule has 0 amide bonds. The summed E-state index contributed by atoms with van der Waals surface area (Å²) in [6, 6.07) is 14.5. The first-order chi connectivity index (χ1) is 10.7. The number of benzene rings is 2. The maximum Gasteiger partial charge on any atom is 0.195 e. The summed E-state index contributed by atoms with van der Waals surface area (Å²) in [6.07, 6.45) is 1.08. The SMILES string of the molecule is O=C(c1ccccc1)c1ccc(Cl)cc1NC1=NCCCS1. The molecule has 3 rings (SSSR count). The van der Waals surface area contributed by atoms with E-state index in [1.54, 1.807) is 30.0 Å². The van der Waals surface area contributed by atoms with Crippen LogP contribution in [0.3, 0.4) is 0 Å². The maximum atomic E-state index is 12.7. The van der Waals surface area contributed by atoms with Crippen molar-refractivity contribution in [2.24, 2.45) is 4.99 Å². The molecule has 0 radical (unpaired) electrons. The van der Waals surface area contributed by atoms with E-state index in [2.05, 4.69) is 10.3 Å². The monoisotopic (exact) mass is 330 g/mol. The van der Waals surface area contributed by atoms with Crippen molar-refractivity contribution in [3.63, 3.8) is 0 Å². The number of carbonyl (C=O) groups excluding carboxylic acids is 1. The molecule has 1 heterocycles. The summed E-state index contributed by atoms with van der Waals surface area (Å²) in [5.41, 5.74) is 1.96. The molecule has 2 aromatic rings. The van der Waals surface area contributed by atoms with E-state index in [-0.39, 0.29) is 5.78 Å². The lowest BCUT2D eigenvalue weighted by molar-refractivity contribution is 0.103. The zero-order valence-corrected chi connectivity index (χ0v) is 13.5. The van der Waals surface area contributed by atoms with E-state index in [0.29, 0.717) is 21.8 Å². The van der Waals surface area contributed by atoms with Gasteiger partial charge in [-0.1, -0.05) is 53.7 Å². The molecule has 0 saturated heterocycles. The molecule has 0 unspecified atom stereocenters. The van der Waals surface area contributed by atoms with Crippen LogP contribution < -0.4 is 5.32 Å². The number of carbonyl (C=O) groups is 1. The number of nitrogens with one attached hydrogen (secondary N) is 1. The number of aliphatic imine (C=N–C) groups is 1. The van der Waals surface area contributed by atoms with Crippen molar-refractivity contribution >= 4 is 40.0 Å². The number of hydrogen-bond acceptors (Lipinski definition) is 4. The molecule has 0 atom stereocenters. The Morgan fingerprint density at radius 1 is 1.18 bits per heavy atom. The minimum Gasteiger partial charge on any atom is -0.334 e. The number of thioether (sulfide) groups is 1. The molecule has 0 bridgehead atoms. The summed E-state index contributed by atoms with van der Waals surface area (Å²) in [7, 11) is 0. The van der Waals surface area contributed by atoms with Gasteiger partial charge in [-0.2, -0.15) is 0 Å². The van der Waals surface area contributed by atoms with Gasteiger partial charge in [0.15, 0.2) is 11.0 Å². The highest BCUT2D eigenvalue weighted by Crippen LogP contribution is 2.26. The average Bonchev–Trinajstić information content (AvgIpc) is 2.56.